The average Bonchev–Trinajstić information content (AvgIpc) is 3.29. The lowest BCUT2D eigenvalue weighted by Crippen LogP contribution is -2.34. The minimum atomic E-state index is 0.554. The zero-order chi connectivity index (χ0) is 13.7. The standard InChI is InChI=1S/C20H22O2/c1-3-11-15-7(1)13-9-5-22-12-4-2-8-14-10(6-21-11)17(15)19(13)20(14)18(9)16(8)12/h5-8,11-20H,1-4H2/t7-,8-,11-,12-,13-,14-,15+,16+,17+,18+,19-,20+/m0/s1. The second-order valence-corrected chi connectivity index (χ2v) is 9.48. The van der Waals surface area contributed by atoms with Gasteiger partial charge in [-0.1, -0.05) is 0 Å². The molecule has 12 atom stereocenters. The van der Waals surface area contributed by atoms with Gasteiger partial charge in [0.25, 0.3) is 0 Å². The van der Waals surface area contributed by atoms with Gasteiger partial charge in [-0.15, -0.1) is 0 Å². The van der Waals surface area contributed by atoms with Gasteiger partial charge in [0.15, 0.2) is 0 Å². The maximum atomic E-state index is 6.30. The van der Waals surface area contributed by atoms with E-state index >= 15 is 0 Å². The minimum Gasteiger partial charge on any atom is -0.498 e. The molecule has 0 amide bonds. The Balaban J connectivity index is 1.45. The van der Waals surface area contributed by atoms with E-state index in [2.05, 4.69) is 12.5 Å². The van der Waals surface area contributed by atoms with E-state index in [1.165, 1.54) is 25.7 Å². The van der Waals surface area contributed by atoms with Gasteiger partial charge in [-0.3, -0.25) is 0 Å². The molecule has 0 N–H and O–H groups in total. The van der Waals surface area contributed by atoms with Crippen LogP contribution in [0.25, 0.3) is 0 Å². The lowest BCUT2D eigenvalue weighted by molar-refractivity contribution is 0.0417. The molecule has 114 valence electrons. The summed E-state index contributed by atoms with van der Waals surface area (Å²) in [7, 11) is 0. The fourth-order valence-electron chi connectivity index (χ4n) is 9.59. The Hall–Kier alpha value is -0.920. The molecule has 6 saturated carbocycles. The van der Waals surface area contributed by atoms with Crippen molar-refractivity contribution in [2.45, 2.75) is 37.9 Å². The Labute approximate surface area is 130 Å². The van der Waals surface area contributed by atoms with Crippen LogP contribution in [0.5, 0.6) is 0 Å². The third-order valence-corrected chi connectivity index (χ3v) is 9.57. The summed E-state index contributed by atoms with van der Waals surface area (Å²) >= 11 is 0. The topological polar surface area (TPSA) is 18.5 Å². The molecule has 2 nitrogen and oxygen atoms in total. The fourth-order valence-corrected chi connectivity index (χ4v) is 9.59. The molecule has 0 bridgehead atoms. The highest BCUT2D eigenvalue weighted by atomic mass is 16.5. The van der Waals surface area contributed by atoms with Gasteiger partial charge in [0.05, 0.1) is 12.5 Å². The summed E-state index contributed by atoms with van der Waals surface area (Å²) < 4.78 is 12.6. The molecule has 6 fully saturated rings. The van der Waals surface area contributed by atoms with Gasteiger partial charge in [0, 0.05) is 11.8 Å². The molecule has 6 aliphatic carbocycles. The minimum absolute atomic E-state index is 0.554. The first-order valence-electron chi connectivity index (χ1n) is 9.64. The van der Waals surface area contributed by atoms with E-state index in [0.29, 0.717) is 12.2 Å². The molecule has 0 radical (unpaired) electrons. The molecule has 2 heteroatoms. The molecular weight excluding hydrogens is 272 g/mol. The van der Waals surface area contributed by atoms with Gasteiger partial charge in [-0.05, 0) is 84.2 Å². The Kier molecular flexibility index (Phi) is 1.49. The summed E-state index contributed by atoms with van der Waals surface area (Å²) in [6.07, 6.45) is 11.1. The molecule has 22 heavy (non-hydrogen) atoms. The Morgan fingerprint density at radius 1 is 0.591 bits per heavy atom. The van der Waals surface area contributed by atoms with Crippen molar-refractivity contribution in [1.29, 1.82) is 0 Å². The second kappa shape index (κ2) is 3.03. The first-order chi connectivity index (χ1) is 10.9. The lowest BCUT2D eigenvalue weighted by Gasteiger charge is -2.36. The highest BCUT2D eigenvalue weighted by Gasteiger charge is 2.77. The number of allylic oxidation sites excluding steroid dienone is 2. The lowest BCUT2D eigenvalue weighted by atomic mass is 9.75. The third kappa shape index (κ3) is 0.823. The summed E-state index contributed by atoms with van der Waals surface area (Å²) in [6, 6.07) is 0. The predicted molar refractivity (Wildman–Crippen MR) is 79.3 cm³/mol. The van der Waals surface area contributed by atoms with Crippen molar-refractivity contribution in [1.82, 2.24) is 0 Å². The molecular formula is C20H22O2. The normalized spacial score (nSPS) is 69.5. The largest absolute Gasteiger partial charge is 0.498 e. The summed E-state index contributed by atoms with van der Waals surface area (Å²) in [5, 5.41) is 0. The Morgan fingerprint density at radius 2 is 1.09 bits per heavy atom. The molecule has 0 unspecified atom stereocenters. The van der Waals surface area contributed by atoms with Crippen LogP contribution in [0.1, 0.15) is 25.7 Å². The smallest absolute Gasteiger partial charge is 0.101 e. The van der Waals surface area contributed by atoms with Crippen molar-refractivity contribution in [3.05, 3.63) is 23.7 Å². The van der Waals surface area contributed by atoms with Crippen LogP contribution in [-0.2, 0) is 9.47 Å². The summed E-state index contributed by atoms with van der Waals surface area (Å²) in [6.45, 7) is 0. The molecule has 0 spiro atoms. The molecule has 0 saturated heterocycles. The van der Waals surface area contributed by atoms with Crippen molar-refractivity contribution in [2.75, 3.05) is 0 Å². The average molecular weight is 294 g/mol. The number of fused-ring (bicyclic) bond motifs is 4. The molecule has 2 aliphatic heterocycles. The van der Waals surface area contributed by atoms with Crippen LogP contribution in [0.4, 0.5) is 0 Å². The first kappa shape index (κ1) is 10.8. The van der Waals surface area contributed by atoms with E-state index < -0.39 is 0 Å². The molecule has 8 rings (SSSR count). The number of ether oxygens (including phenoxy) is 2. The van der Waals surface area contributed by atoms with Gasteiger partial charge in [0.2, 0.25) is 0 Å². The van der Waals surface area contributed by atoms with E-state index in [4.69, 9.17) is 9.47 Å². The van der Waals surface area contributed by atoms with Crippen molar-refractivity contribution in [2.24, 2.45) is 59.2 Å². The van der Waals surface area contributed by atoms with E-state index in [1.54, 1.807) is 11.1 Å². The van der Waals surface area contributed by atoms with Crippen LogP contribution in [-0.4, -0.2) is 12.2 Å². The predicted octanol–water partition coefficient (Wildman–Crippen LogP) is 3.36. The molecule has 0 aromatic carbocycles. The zero-order valence-electron chi connectivity index (χ0n) is 12.7. The summed E-state index contributed by atoms with van der Waals surface area (Å²) in [5.41, 5.74) is 3.56. The zero-order valence-corrected chi connectivity index (χ0v) is 12.7. The second-order valence-electron chi connectivity index (χ2n) is 9.48. The molecule has 0 aromatic heterocycles. The van der Waals surface area contributed by atoms with Gasteiger partial charge in [-0.2, -0.15) is 0 Å². The highest BCUT2D eigenvalue weighted by molar-refractivity contribution is 5.43. The quantitative estimate of drug-likeness (QED) is 0.682. The van der Waals surface area contributed by atoms with E-state index in [-0.39, 0.29) is 0 Å². The van der Waals surface area contributed by atoms with Crippen molar-refractivity contribution >= 4 is 0 Å². The number of rotatable bonds is 0. The van der Waals surface area contributed by atoms with Crippen LogP contribution < -0.4 is 0 Å². The Morgan fingerprint density at radius 3 is 1.59 bits per heavy atom. The van der Waals surface area contributed by atoms with Crippen LogP contribution in [0.15, 0.2) is 23.7 Å². The number of hydrogen-bond acceptors (Lipinski definition) is 2. The maximum absolute atomic E-state index is 6.30. The fraction of sp³-hybridized carbons (Fsp3) is 0.800. The van der Waals surface area contributed by atoms with Crippen LogP contribution in [0, 0.1) is 59.2 Å². The van der Waals surface area contributed by atoms with Crippen molar-refractivity contribution in [3.63, 3.8) is 0 Å². The van der Waals surface area contributed by atoms with Crippen LogP contribution in [0.3, 0.4) is 0 Å². The highest BCUT2D eigenvalue weighted by Crippen LogP contribution is 2.80. The summed E-state index contributed by atoms with van der Waals surface area (Å²) in [5.74, 6) is 9.04. The van der Waals surface area contributed by atoms with E-state index in [1.807, 2.05) is 0 Å². The van der Waals surface area contributed by atoms with Crippen molar-refractivity contribution in [3.8, 4) is 0 Å². The van der Waals surface area contributed by atoms with Crippen LogP contribution >= 0.6 is 0 Å². The van der Waals surface area contributed by atoms with E-state index in [9.17, 15) is 0 Å². The first-order valence-corrected chi connectivity index (χ1v) is 9.64. The van der Waals surface area contributed by atoms with Gasteiger partial charge < -0.3 is 9.47 Å². The monoisotopic (exact) mass is 294 g/mol. The van der Waals surface area contributed by atoms with Gasteiger partial charge >= 0.3 is 0 Å². The summed E-state index contributed by atoms with van der Waals surface area (Å²) in [4.78, 5) is 0. The van der Waals surface area contributed by atoms with E-state index in [0.717, 1.165) is 59.2 Å². The molecule has 2 heterocycles. The SMILES string of the molecule is C1=C2[C@@H]3[C@@H]4CC[C@@H]5OC=C6[C@@H]7[C@@H]8CC[C@H](O1)[C@@H]8[C@@H]2[C@@H]7[C@@H]3[C@H]6[C@H]45. The molecule has 0 aromatic rings. The maximum Gasteiger partial charge on any atom is 0.101 e. The van der Waals surface area contributed by atoms with Crippen molar-refractivity contribution < 1.29 is 9.47 Å². The van der Waals surface area contributed by atoms with Gasteiger partial charge in [-0.25, -0.2) is 0 Å². The van der Waals surface area contributed by atoms with Crippen LogP contribution in [0.2, 0.25) is 0 Å². The molecule has 8 aliphatic rings. The number of hydrogen-bond donors (Lipinski definition) is 0. The van der Waals surface area contributed by atoms with Gasteiger partial charge in [0.1, 0.15) is 12.2 Å². The third-order valence-electron chi connectivity index (χ3n) is 9.57. The Bertz CT molecular complexity index is 619.